The molecular weight excluding hydrogens is 341 g/mol. The largest absolute Gasteiger partial charge is 0.488 e. The van der Waals surface area contributed by atoms with Crippen molar-refractivity contribution < 1.29 is 28.6 Å². The fraction of sp³-hybridized carbons (Fsp3) is 0.263. The summed E-state index contributed by atoms with van der Waals surface area (Å²) in [5.74, 6) is -1.62. The highest BCUT2D eigenvalue weighted by Crippen LogP contribution is 2.23. The van der Waals surface area contributed by atoms with Gasteiger partial charge < -0.3 is 19.5 Å². The highest BCUT2D eigenvalue weighted by Gasteiger charge is 2.21. The van der Waals surface area contributed by atoms with Gasteiger partial charge in [-0.3, -0.25) is 4.79 Å². The summed E-state index contributed by atoms with van der Waals surface area (Å²) in [6, 6.07) is 10.1. The number of hydrogen-bond acceptors (Lipinski definition) is 4. The minimum absolute atomic E-state index is 0.0915. The predicted molar refractivity (Wildman–Crippen MR) is 90.9 cm³/mol. The number of carbonyl (C=O) groups excluding carboxylic acids is 1. The minimum atomic E-state index is -1.18. The van der Waals surface area contributed by atoms with Gasteiger partial charge in [-0.05, 0) is 35.9 Å². The number of aromatic carboxylic acids is 1. The molecule has 1 heterocycles. The van der Waals surface area contributed by atoms with Crippen LogP contribution in [0.4, 0.5) is 4.39 Å². The molecule has 1 saturated heterocycles. The standard InChI is InChI=1S/C19H18FNO5/c20-15-4-1-13(2-5-15)12-26-17-6-3-14(11-16(17)19(23)24)18(22)21-7-9-25-10-8-21/h1-6,11H,7-10,12H2,(H,23,24). The van der Waals surface area contributed by atoms with Gasteiger partial charge in [0.25, 0.3) is 5.91 Å². The Morgan fingerprint density at radius 3 is 2.46 bits per heavy atom. The molecule has 1 aliphatic rings. The summed E-state index contributed by atoms with van der Waals surface area (Å²) in [7, 11) is 0. The molecule has 0 bridgehead atoms. The number of halogens is 1. The lowest BCUT2D eigenvalue weighted by Gasteiger charge is -2.27. The molecule has 0 atom stereocenters. The van der Waals surface area contributed by atoms with Gasteiger partial charge >= 0.3 is 5.97 Å². The molecule has 0 aliphatic carbocycles. The van der Waals surface area contributed by atoms with E-state index < -0.39 is 5.97 Å². The normalized spacial score (nSPS) is 14.1. The van der Waals surface area contributed by atoms with Crippen molar-refractivity contribution >= 4 is 11.9 Å². The molecule has 3 rings (SSSR count). The Morgan fingerprint density at radius 2 is 1.81 bits per heavy atom. The van der Waals surface area contributed by atoms with E-state index in [0.29, 0.717) is 37.4 Å². The maximum atomic E-state index is 12.9. The number of rotatable bonds is 5. The van der Waals surface area contributed by atoms with Crippen LogP contribution in [0.25, 0.3) is 0 Å². The maximum absolute atomic E-state index is 12.9. The first-order valence-electron chi connectivity index (χ1n) is 8.16. The molecule has 2 aromatic carbocycles. The Morgan fingerprint density at radius 1 is 1.12 bits per heavy atom. The molecule has 0 unspecified atom stereocenters. The minimum Gasteiger partial charge on any atom is -0.488 e. The van der Waals surface area contributed by atoms with Crippen molar-refractivity contribution in [2.75, 3.05) is 26.3 Å². The van der Waals surface area contributed by atoms with E-state index in [1.807, 2.05) is 0 Å². The van der Waals surface area contributed by atoms with Crippen LogP contribution < -0.4 is 4.74 Å². The summed E-state index contributed by atoms with van der Waals surface area (Å²) >= 11 is 0. The summed E-state index contributed by atoms with van der Waals surface area (Å²) in [6.07, 6.45) is 0. The second-order valence-electron chi connectivity index (χ2n) is 5.84. The topological polar surface area (TPSA) is 76.1 Å². The molecule has 0 aromatic heterocycles. The third-order valence-corrected chi connectivity index (χ3v) is 4.06. The SMILES string of the molecule is O=C(O)c1cc(C(=O)N2CCOCC2)ccc1OCc1ccc(F)cc1. The zero-order valence-electron chi connectivity index (χ0n) is 14.0. The lowest BCUT2D eigenvalue weighted by atomic mass is 10.1. The zero-order chi connectivity index (χ0) is 18.5. The molecule has 2 aromatic rings. The molecule has 1 amide bonds. The van der Waals surface area contributed by atoms with Gasteiger partial charge in [-0.2, -0.15) is 0 Å². The van der Waals surface area contributed by atoms with Gasteiger partial charge in [-0.15, -0.1) is 0 Å². The number of morpholine rings is 1. The summed E-state index contributed by atoms with van der Waals surface area (Å²) in [5.41, 5.74) is 0.904. The van der Waals surface area contributed by atoms with Crippen LogP contribution in [0.3, 0.4) is 0 Å². The zero-order valence-corrected chi connectivity index (χ0v) is 14.0. The number of carboxylic acids is 1. The average molecular weight is 359 g/mol. The van der Waals surface area contributed by atoms with Crippen molar-refractivity contribution in [3.63, 3.8) is 0 Å². The Labute approximate surface area is 149 Å². The van der Waals surface area contributed by atoms with Crippen LogP contribution in [0.15, 0.2) is 42.5 Å². The molecule has 136 valence electrons. The van der Waals surface area contributed by atoms with E-state index in [4.69, 9.17) is 9.47 Å². The number of benzene rings is 2. The summed E-state index contributed by atoms with van der Waals surface area (Å²) in [5, 5.41) is 9.44. The quantitative estimate of drug-likeness (QED) is 0.888. The smallest absolute Gasteiger partial charge is 0.339 e. The van der Waals surface area contributed by atoms with Gasteiger partial charge in [0.05, 0.1) is 13.2 Å². The van der Waals surface area contributed by atoms with Crippen molar-refractivity contribution in [3.8, 4) is 5.75 Å². The lowest BCUT2D eigenvalue weighted by Crippen LogP contribution is -2.40. The van der Waals surface area contributed by atoms with E-state index in [1.165, 1.54) is 24.3 Å². The predicted octanol–water partition coefficient (Wildman–Crippen LogP) is 2.58. The Bertz CT molecular complexity index is 800. The first-order chi connectivity index (χ1) is 12.5. The lowest BCUT2D eigenvalue weighted by molar-refractivity contribution is 0.0303. The number of carboxylic acid groups (broad SMARTS) is 1. The van der Waals surface area contributed by atoms with Crippen LogP contribution in [0.2, 0.25) is 0 Å². The van der Waals surface area contributed by atoms with Gasteiger partial charge in [0.2, 0.25) is 0 Å². The molecular formula is C19H18FNO5. The second-order valence-corrected chi connectivity index (χ2v) is 5.84. The summed E-state index contributed by atoms with van der Waals surface area (Å²) < 4.78 is 23.7. The second kappa shape index (κ2) is 7.97. The third-order valence-electron chi connectivity index (χ3n) is 4.06. The molecule has 7 heteroatoms. The van der Waals surface area contributed by atoms with Crippen LogP contribution in [0.5, 0.6) is 5.75 Å². The molecule has 0 spiro atoms. The highest BCUT2D eigenvalue weighted by atomic mass is 19.1. The first-order valence-corrected chi connectivity index (χ1v) is 8.16. The van der Waals surface area contributed by atoms with Crippen molar-refractivity contribution in [1.29, 1.82) is 0 Å². The van der Waals surface area contributed by atoms with Gasteiger partial charge in [0.1, 0.15) is 23.7 Å². The van der Waals surface area contributed by atoms with Gasteiger partial charge in [-0.1, -0.05) is 12.1 Å². The first kappa shape index (κ1) is 17.9. The molecule has 0 radical (unpaired) electrons. The molecule has 26 heavy (non-hydrogen) atoms. The third kappa shape index (κ3) is 4.18. The van der Waals surface area contributed by atoms with Crippen molar-refractivity contribution in [2.24, 2.45) is 0 Å². The fourth-order valence-corrected chi connectivity index (χ4v) is 2.65. The molecule has 1 aliphatic heterocycles. The highest BCUT2D eigenvalue weighted by molar-refractivity contribution is 5.99. The van der Waals surface area contributed by atoms with E-state index in [1.54, 1.807) is 23.1 Å². The maximum Gasteiger partial charge on any atom is 0.339 e. The van der Waals surface area contributed by atoms with Gasteiger partial charge in [0, 0.05) is 18.7 Å². The van der Waals surface area contributed by atoms with Crippen molar-refractivity contribution in [1.82, 2.24) is 4.90 Å². The number of carbonyl (C=O) groups is 2. The Hall–Kier alpha value is -2.93. The molecule has 1 fully saturated rings. The van der Waals surface area contributed by atoms with E-state index >= 15 is 0 Å². The number of ether oxygens (including phenoxy) is 2. The molecule has 1 N–H and O–H groups in total. The molecule has 6 nitrogen and oxygen atoms in total. The van der Waals surface area contributed by atoms with Crippen molar-refractivity contribution in [3.05, 3.63) is 65.0 Å². The van der Waals surface area contributed by atoms with Crippen LogP contribution in [0, 0.1) is 5.82 Å². The molecule has 0 saturated carbocycles. The number of amides is 1. The van der Waals surface area contributed by atoms with Crippen LogP contribution in [-0.2, 0) is 11.3 Å². The van der Waals surface area contributed by atoms with E-state index in [2.05, 4.69) is 0 Å². The monoisotopic (exact) mass is 359 g/mol. The van der Waals surface area contributed by atoms with Gasteiger partial charge in [0.15, 0.2) is 0 Å². The van der Waals surface area contributed by atoms with Crippen LogP contribution in [0.1, 0.15) is 26.3 Å². The fourth-order valence-electron chi connectivity index (χ4n) is 2.65. The van der Waals surface area contributed by atoms with Gasteiger partial charge in [-0.25, -0.2) is 9.18 Å². The Balaban J connectivity index is 1.76. The van der Waals surface area contributed by atoms with Crippen LogP contribution in [-0.4, -0.2) is 48.2 Å². The number of hydrogen-bond donors (Lipinski definition) is 1. The Kier molecular flexibility index (Phi) is 5.48. The number of nitrogens with zero attached hydrogens (tertiary/aromatic N) is 1. The average Bonchev–Trinajstić information content (AvgIpc) is 2.67. The summed E-state index contributed by atoms with van der Waals surface area (Å²) in [4.78, 5) is 25.7. The summed E-state index contributed by atoms with van der Waals surface area (Å²) in [6.45, 7) is 1.98. The van der Waals surface area contributed by atoms with E-state index in [-0.39, 0.29) is 29.6 Å². The van der Waals surface area contributed by atoms with E-state index in [9.17, 15) is 19.1 Å². The van der Waals surface area contributed by atoms with E-state index in [0.717, 1.165) is 0 Å². The van der Waals surface area contributed by atoms with Crippen molar-refractivity contribution in [2.45, 2.75) is 6.61 Å². The van der Waals surface area contributed by atoms with Crippen LogP contribution >= 0.6 is 0 Å².